The number of hydrogen-bond acceptors (Lipinski definition) is 4. The van der Waals surface area contributed by atoms with Crippen molar-refractivity contribution >= 4 is 17.0 Å². The number of rotatable bonds is 2. The predicted molar refractivity (Wildman–Crippen MR) is 94.2 cm³/mol. The van der Waals surface area contributed by atoms with Crippen LogP contribution in [-0.2, 0) is 13.6 Å². The Hall–Kier alpha value is -3.09. The van der Waals surface area contributed by atoms with Gasteiger partial charge in [0.2, 0.25) is 0 Å². The summed E-state index contributed by atoms with van der Waals surface area (Å²) in [5.41, 5.74) is 2.75. The van der Waals surface area contributed by atoms with Crippen molar-refractivity contribution in [3.05, 3.63) is 67.7 Å². The third-order valence-corrected chi connectivity index (χ3v) is 4.66. The summed E-state index contributed by atoms with van der Waals surface area (Å²) in [5, 5.41) is 0. The lowest BCUT2D eigenvalue weighted by Gasteiger charge is -2.08. The van der Waals surface area contributed by atoms with Crippen molar-refractivity contribution in [3.63, 3.8) is 0 Å². The van der Waals surface area contributed by atoms with Crippen LogP contribution < -0.4 is 11.2 Å². The number of fused-ring (bicyclic) bond motifs is 3. The maximum absolute atomic E-state index is 13.1. The monoisotopic (exact) mass is 338 g/mol. The van der Waals surface area contributed by atoms with E-state index >= 15 is 0 Å². The van der Waals surface area contributed by atoms with Crippen LogP contribution in [0.2, 0.25) is 0 Å². The Bertz CT molecular complexity index is 1240. The van der Waals surface area contributed by atoms with Crippen LogP contribution in [0.25, 0.3) is 17.0 Å². The number of benzene rings is 1. The Morgan fingerprint density at radius 3 is 2.44 bits per heavy atom. The third-order valence-electron chi connectivity index (χ3n) is 4.66. The zero-order valence-corrected chi connectivity index (χ0v) is 14.5. The van der Waals surface area contributed by atoms with E-state index in [9.17, 15) is 9.59 Å². The van der Waals surface area contributed by atoms with E-state index < -0.39 is 5.69 Å². The minimum Gasteiger partial charge on any atom is -0.428 e. The van der Waals surface area contributed by atoms with Gasteiger partial charge in [-0.1, -0.05) is 29.8 Å². The molecule has 0 amide bonds. The maximum atomic E-state index is 13.1. The van der Waals surface area contributed by atoms with Crippen molar-refractivity contribution in [2.45, 2.75) is 27.3 Å². The number of hydrogen-bond donors (Lipinski definition) is 0. The molecule has 0 unspecified atom stereocenters. The second kappa shape index (κ2) is 5.20. The van der Waals surface area contributed by atoms with Crippen LogP contribution in [0.15, 0.2) is 38.3 Å². The molecule has 7 nitrogen and oxygen atoms in total. The van der Waals surface area contributed by atoms with Gasteiger partial charge in [0.15, 0.2) is 11.2 Å². The second-order valence-electron chi connectivity index (χ2n) is 6.36. The Balaban J connectivity index is 2.04. The molecule has 0 aliphatic carbocycles. The van der Waals surface area contributed by atoms with Crippen LogP contribution in [0, 0.1) is 20.8 Å². The Kier molecular flexibility index (Phi) is 3.21. The van der Waals surface area contributed by atoms with Gasteiger partial charge in [-0.3, -0.25) is 18.3 Å². The van der Waals surface area contributed by atoms with E-state index in [0.717, 1.165) is 16.8 Å². The van der Waals surface area contributed by atoms with Gasteiger partial charge in [0, 0.05) is 7.05 Å². The van der Waals surface area contributed by atoms with Gasteiger partial charge in [0.25, 0.3) is 5.56 Å². The molecular formula is C18H18N4O3. The van der Waals surface area contributed by atoms with Crippen molar-refractivity contribution in [2.24, 2.45) is 7.05 Å². The quantitative estimate of drug-likeness (QED) is 0.560. The molecule has 7 heteroatoms. The SMILES string of the molecule is Cc1ccc(Cn2c(=O)c3c(nc4oc(C)c(C)n43)n(C)c2=O)cc1. The lowest BCUT2D eigenvalue weighted by atomic mass is 10.1. The molecule has 4 aromatic rings. The molecule has 3 heterocycles. The molecule has 3 aromatic heterocycles. The summed E-state index contributed by atoms with van der Waals surface area (Å²) >= 11 is 0. The van der Waals surface area contributed by atoms with Crippen molar-refractivity contribution < 1.29 is 4.42 Å². The highest BCUT2D eigenvalue weighted by Crippen LogP contribution is 2.19. The molecule has 4 rings (SSSR count). The van der Waals surface area contributed by atoms with E-state index in [4.69, 9.17) is 4.42 Å². The van der Waals surface area contributed by atoms with Gasteiger partial charge in [-0.2, -0.15) is 4.98 Å². The number of aromatic nitrogens is 4. The summed E-state index contributed by atoms with van der Waals surface area (Å²) in [6.07, 6.45) is 0. The van der Waals surface area contributed by atoms with Gasteiger partial charge < -0.3 is 4.42 Å². The Labute approximate surface area is 142 Å². The molecule has 0 fully saturated rings. The lowest BCUT2D eigenvalue weighted by molar-refractivity contribution is 0.561. The first-order valence-electron chi connectivity index (χ1n) is 8.02. The molecule has 0 radical (unpaired) electrons. The fourth-order valence-electron chi connectivity index (χ4n) is 3.06. The second-order valence-corrected chi connectivity index (χ2v) is 6.36. The fourth-order valence-corrected chi connectivity index (χ4v) is 3.06. The first-order valence-corrected chi connectivity index (χ1v) is 8.02. The summed E-state index contributed by atoms with van der Waals surface area (Å²) in [5.74, 6) is 1.02. The standard InChI is InChI=1S/C18H18N4O3/c1-10-5-7-13(8-6-10)9-21-16(23)14-15(20(4)18(21)24)19-17-22(14)11(2)12(3)25-17/h5-8H,9H2,1-4H3. The average molecular weight is 338 g/mol. The van der Waals surface area contributed by atoms with Crippen LogP contribution in [0.4, 0.5) is 0 Å². The van der Waals surface area contributed by atoms with E-state index in [-0.39, 0.29) is 12.1 Å². The van der Waals surface area contributed by atoms with Gasteiger partial charge >= 0.3 is 11.5 Å². The number of imidazole rings is 1. The fraction of sp³-hybridized carbons (Fsp3) is 0.278. The highest BCUT2D eigenvalue weighted by atomic mass is 16.4. The molecule has 25 heavy (non-hydrogen) atoms. The molecule has 0 saturated heterocycles. The molecule has 0 bridgehead atoms. The van der Waals surface area contributed by atoms with Gasteiger partial charge in [-0.05, 0) is 26.3 Å². The smallest absolute Gasteiger partial charge is 0.332 e. The zero-order chi connectivity index (χ0) is 17.9. The topological polar surface area (TPSA) is 74.4 Å². The van der Waals surface area contributed by atoms with Crippen molar-refractivity contribution in [1.29, 1.82) is 0 Å². The van der Waals surface area contributed by atoms with E-state index in [1.54, 1.807) is 11.4 Å². The molecule has 0 atom stereocenters. The largest absolute Gasteiger partial charge is 0.428 e. The van der Waals surface area contributed by atoms with Crippen LogP contribution in [0.5, 0.6) is 0 Å². The summed E-state index contributed by atoms with van der Waals surface area (Å²) < 4.78 is 9.90. The third kappa shape index (κ3) is 2.15. The summed E-state index contributed by atoms with van der Waals surface area (Å²) in [6.45, 7) is 5.89. The summed E-state index contributed by atoms with van der Waals surface area (Å²) in [6, 6.07) is 7.77. The molecule has 0 N–H and O–H groups in total. The van der Waals surface area contributed by atoms with Crippen molar-refractivity contribution in [3.8, 4) is 0 Å². The minimum atomic E-state index is -0.395. The molecule has 0 aliphatic heterocycles. The van der Waals surface area contributed by atoms with E-state index in [1.165, 1.54) is 9.13 Å². The first-order chi connectivity index (χ1) is 11.9. The van der Waals surface area contributed by atoms with E-state index in [1.807, 2.05) is 45.0 Å². The number of aryl methyl sites for hydroxylation is 4. The van der Waals surface area contributed by atoms with Crippen LogP contribution in [0.3, 0.4) is 0 Å². The molecule has 0 aliphatic rings. The van der Waals surface area contributed by atoms with E-state index in [2.05, 4.69) is 4.98 Å². The predicted octanol–water partition coefficient (Wildman–Crippen LogP) is 1.91. The average Bonchev–Trinajstić information content (AvgIpc) is 3.08. The lowest BCUT2D eigenvalue weighted by Crippen LogP contribution is -2.39. The zero-order valence-electron chi connectivity index (χ0n) is 14.5. The molecular weight excluding hydrogens is 320 g/mol. The van der Waals surface area contributed by atoms with Gasteiger partial charge in [0.05, 0.1) is 12.2 Å². The normalized spacial score (nSPS) is 11.7. The van der Waals surface area contributed by atoms with Crippen LogP contribution >= 0.6 is 0 Å². The molecule has 1 aromatic carbocycles. The van der Waals surface area contributed by atoms with Gasteiger partial charge in [0.1, 0.15) is 5.76 Å². The minimum absolute atomic E-state index is 0.213. The highest BCUT2D eigenvalue weighted by Gasteiger charge is 2.21. The van der Waals surface area contributed by atoms with Crippen LogP contribution in [-0.4, -0.2) is 18.5 Å². The molecule has 128 valence electrons. The summed E-state index contributed by atoms with van der Waals surface area (Å²) in [7, 11) is 1.62. The Morgan fingerprint density at radius 2 is 1.76 bits per heavy atom. The van der Waals surface area contributed by atoms with E-state index in [0.29, 0.717) is 22.8 Å². The molecule has 0 spiro atoms. The van der Waals surface area contributed by atoms with Crippen molar-refractivity contribution in [2.75, 3.05) is 0 Å². The maximum Gasteiger partial charge on any atom is 0.332 e. The number of oxazole rings is 1. The Morgan fingerprint density at radius 1 is 1.08 bits per heavy atom. The first kappa shape index (κ1) is 15.4. The number of nitrogens with zero attached hydrogens (tertiary/aromatic N) is 4. The van der Waals surface area contributed by atoms with Crippen molar-refractivity contribution in [1.82, 2.24) is 18.5 Å². The van der Waals surface area contributed by atoms with Crippen LogP contribution in [0.1, 0.15) is 22.6 Å². The molecule has 0 saturated carbocycles. The van der Waals surface area contributed by atoms with Gasteiger partial charge in [-0.15, -0.1) is 0 Å². The highest BCUT2D eigenvalue weighted by molar-refractivity contribution is 5.75. The van der Waals surface area contributed by atoms with Gasteiger partial charge in [-0.25, -0.2) is 4.79 Å². The summed E-state index contributed by atoms with van der Waals surface area (Å²) in [4.78, 5) is 30.1.